The van der Waals surface area contributed by atoms with Crippen molar-refractivity contribution in [2.45, 2.75) is 43.2 Å². The van der Waals surface area contributed by atoms with Crippen molar-refractivity contribution >= 4 is 29.1 Å². The van der Waals surface area contributed by atoms with Gasteiger partial charge in [-0.2, -0.15) is 0 Å². The van der Waals surface area contributed by atoms with Gasteiger partial charge in [0.05, 0.1) is 6.04 Å². The van der Waals surface area contributed by atoms with Crippen LogP contribution < -0.4 is 0 Å². The molecule has 5 heteroatoms. The maximum Gasteiger partial charge on any atom is 0.320 e. The zero-order valence-corrected chi connectivity index (χ0v) is 15.7. The van der Waals surface area contributed by atoms with Crippen LogP contribution in [0.4, 0.5) is 0 Å². The maximum atomic E-state index is 11.8. The van der Waals surface area contributed by atoms with Gasteiger partial charge in [-0.25, -0.2) is 0 Å². The summed E-state index contributed by atoms with van der Waals surface area (Å²) in [5.74, 6) is -0.700. The summed E-state index contributed by atoms with van der Waals surface area (Å²) >= 11 is 3.46. The van der Waals surface area contributed by atoms with Gasteiger partial charge in [-0.3, -0.25) is 9.69 Å². The van der Waals surface area contributed by atoms with Gasteiger partial charge < -0.3 is 5.11 Å². The van der Waals surface area contributed by atoms with Crippen molar-refractivity contribution in [1.82, 2.24) is 4.90 Å². The van der Waals surface area contributed by atoms with Crippen LogP contribution in [0.2, 0.25) is 0 Å². The van der Waals surface area contributed by atoms with Crippen molar-refractivity contribution in [2.24, 2.45) is 0 Å². The minimum absolute atomic E-state index is 0.0287. The van der Waals surface area contributed by atoms with E-state index >= 15 is 0 Å². The van der Waals surface area contributed by atoms with Gasteiger partial charge in [0.15, 0.2) is 0 Å². The Hall–Kier alpha value is -1.30. The van der Waals surface area contributed by atoms with E-state index in [1.54, 1.807) is 23.1 Å². The lowest BCUT2D eigenvalue weighted by molar-refractivity contribution is -0.145. The number of carbonyl (C=O) groups is 1. The minimum atomic E-state index is -0.700. The van der Waals surface area contributed by atoms with E-state index in [-0.39, 0.29) is 6.04 Å². The number of piperidine rings is 1. The topological polar surface area (TPSA) is 40.5 Å². The fourth-order valence-electron chi connectivity index (χ4n) is 3.43. The first-order valence-electron chi connectivity index (χ1n) is 8.27. The number of thioether (sulfide) groups is 1. The Balaban J connectivity index is 2.02. The number of hydrogen-bond acceptors (Lipinski definition) is 4. The summed E-state index contributed by atoms with van der Waals surface area (Å²) < 4.78 is 0. The van der Waals surface area contributed by atoms with Crippen LogP contribution in [0.1, 0.15) is 41.3 Å². The Morgan fingerprint density at radius 3 is 2.67 bits per heavy atom. The third-order valence-corrected chi connectivity index (χ3v) is 6.46. The molecular formula is C19H23NO2S2. The molecule has 2 heterocycles. The molecule has 0 radical (unpaired) electrons. The molecule has 0 bridgehead atoms. The van der Waals surface area contributed by atoms with E-state index in [2.05, 4.69) is 53.8 Å². The van der Waals surface area contributed by atoms with Gasteiger partial charge >= 0.3 is 5.97 Å². The van der Waals surface area contributed by atoms with Crippen molar-refractivity contribution in [3.63, 3.8) is 0 Å². The van der Waals surface area contributed by atoms with Crippen LogP contribution in [0.3, 0.4) is 0 Å². The number of rotatable bonds is 5. The molecular weight excluding hydrogens is 338 g/mol. The van der Waals surface area contributed by atoms with Crippen molar-refractivity contribution < 1.29 is 9.90 Å². The predicted octanol–water partition coefficient (Wildman–Crippen LogP) is 4.81. The van der Waals surface area contributed by atoms with Crippen molar-refractivity contribution in [3.05, 3.63) is 51.7 Å². The Morgan fingerprint density at radius 1 is 1.33 bits per heavy atom. The standard InChI is InChI=1S/C19H23NO2S2/c1-13-11-17(24-12-13)18(14-6-8-15(23-2)9-7-14)20-10-4-3-5-16(20)19(21)22/h6-9,11-12,16,18H,3-5,10H2,1-2H3,(H,21,22). The first-order chi connectivity index (χ1) is 11.6. The highest BCUT2D eigenvalue weighted by molar-refractivity contribution is 7.98. The number of hydrogen-bond donors (Lipinski definition) is 1. The van der Waals surface area contributed by atoms with Crippen LogP contribution in [0.15, 0.2) is 40.6 Å². The number of carboxylic acids is 1. The van der Waals surface area contributed by atoms with Crippen LogP contribution in [-0.2, 0) is 4.79 Å². The number of likely N-dealkylation sites (tertiary alicyclic amines) is 1. The molecule has 3 rings (SSSR count). The fourth-order valence-corrected chi connectivity index (χ4v) is 4.88. The molecule has 1 aromatic heterocycles. The molecule has 1 fully saturated rings. The molecule has 0 saturated carbocycles. The molecule has 0 spiro atoms. The lowest BCUT2D eigenvalue weighted by Crippen LogP contribution is -2.46. The molecule has 1 N–H and O–H groups in total. The minimum Gasteiger partial charge on any atom is -0.480 e. The SMILES string of the molecule is CSc1ccc(C(c2cc(C)cs2)N2CCCCC2C(=O)O)cc1. The van der Waals surface area contributed by atoms with Crippen molar-refractivity contribution in [1.29, 1.82) is 0 Å². The summed E-state index contributed by atoms with van der Waals surface area (Å²) in [4.78, 5) is 16.4. The molecule has 128 valence electrons. The quantitative estimate of drug-likeness (QED) is 0.776. The molecule has 1 aromatic carbocycles. The molecule has 2 aromatic rings. The summed E-state index contributed by atoms with van der Waals surface area (Å²) in [5, 5.41) is 11.8. The molecule has 3 nitrogen and oxygen atoms in total. The summed E-state index contributed by atoms with van der Waals surface area (Å²) in [6.07, 6.45) is 4.86. The monoisotopic (exact) mass is 361 g/mol. The van der Waals surface area contributed by atoms with Gasteiger partial charge in [0.1, 0.15) is 6.04 Å². The molecule has 0 aliphatic carbocycles. The highest BCUT2D eigenvalue weighted by Crippen LogP contribution is 2.37. The molecule has 1 aliphatic rings. The molecule has 1 aliphatic heterocycles. The van der Waals surface area contributed by atoms with E-state index in [9.17, 15) is 9.90 Å². The van der Waals surface area contributed by atoms with E-state index in [0.29, 0.717) is 0 Å². The fraction of sp³-hybridized carbons (Fsp3) is 0.421. The lowest BCUT2D eigenvalue weighted by Gasteiger charge is -2.39. The van der Waals surface area contributed by atoms with Crippen LogP contribution in [0.5, 0.6) is 0 Å². The average Bonchev–Trinajstić information content (AvgIpc) is 3.02. The van der Waals surface area contributed by atoms with Gasteiger partial charge in [-0.15, -0.1) is 23.1 Å². The van der Waals surface area contributed by atoms with Gasteiger partial charge in [0, 0.05) is 9.77 Å². The molecule has 2 unspecified atom stereocenters. The number of nitrogens with zero attached hydrogens (tertiary/aromatic N) is 1. The molecule has 24 heavy (non-hydrogen) atoms. The Morgan fingerprint density at radius 2 is 2.08 bits per heavy atom. The van der Waals surface area contributed by atoms with Crippen LogP contribution in [0, 0.1) is 6.92 Å². The van der Waals surface area contributed by atoms with Crippen LogP contribution in [-0.4, -0.2) is 34.8 Å². The Bertz CT molecular complexity index is 696. The van der Waals surface area contributed by atoms with Gasteiger partial charge in [-0.1, -0.05) is 18.6 Å². The van der Waals surface area contributed by atoms with Gasteiger partial charge in [-0.05, 0) is 67.3 Å². The van der Waals surface area contributed by atoms with Crippen LogP contribution in [0.25, 0.3) is 0 Å². The number of aryl methyl sites for hydroxylation is 1. The molecule has 0 amide bonds. The van der Waals surface area contributed by atoms with E-state index in [4.69, 9.17) is 0 Å². The number of aliphatic carboxylic acids is 1. The largest absolute Gasteiger partial charge is 0.480 e. The van der Waals surface area contributed by atoms with Gasteiger partial charge in [0.25, 0.3) is 0 Å². The van der Waals surface area contributed by atoms with Gasteiger partial charge in [0.2, 0.25) is 0 Å². The molecule has 1 saturated heterocycles. The normalized spacial score (nSPS) is 20.0. The smallest absolute Gasteiger partial charge is 0.320 e. The molecule has 2 atom stereocenters. The average molecular weight is 362 g/mol. The highest BCUT2D eigenvalue weighted by atomic mass is 32.2. The first kappa shape index (κ1) is 17.5. The number of benzene rings is 1. The van der Waals surface area contributed by atoms with E-state index in [1.165, 1.54) is 20.9 Å². The second kappa shape index (κ2) is 7.72. The lowest BCUT2D eigenvalue weighted by atomic mass is 9.95. The number of thiophene rings is 1. The van der Waals surface area contributed by atoms with Crippen molar-refractivity contribution in [3.8, 4) is 0 Å². The summed E-state index contributed by atoms with van der Waals surface area (Å²) in [6.45, 7) is 2.93. The highest BCUT2D eigenvalue weighted by Gasteiger charge is 2.35. The Kier molecular flexibility index (Phi) is 5.64. The summed E-state index contributed by atoms with van der Waals surface area (Å²) in [7, 11) is 0. The maximum absolute atomic E-state index is 11.8. The first-order valence-corrected chi connectivity index (χ1v) is 10.4. The zero-order chi connectivity index (χ0) is 17.1. The zero-order valence-electron chi connectivity index (χ0n) is 14.1. The number of carboxylic acid groups (broad SMARTS) is 1. The van der Waals surface area contributed by atoms with E-state index < -0.39 is 12.0 Å². The summed E-state index contributed by atoms with van der Waals surface area (Å²) in [5.41, 5.74) is 2.42. The third-order valence-electron chi connectivity index (χ3n) is 4.61. The third kappa shape index (κ3) is 3.68. The second-order valence-corrected chi connectivity index (χ2v) is 8.11. The Labute approximate surface area is 151 Å². The van der Waals surface area contributed by atoms with E-state index in [1.807, 2.05) is 0 Å². The van der Waals surface area contributed by atoms with Crippen molar-refractivity contribution in [2.75, 3.05) is 12.8 Å². The second-order valence-electron chi connectivity index (χ2n) is 6.29. The summed E-state index contributed by atoms with van der Waals surface area (Å²) in [6, 6.07) is 10.4. The van der Waals surface area contributed by atoms with E-state index in [0.717, 1.165) is 25.8 Å². The van der Waals surface area contributed by atoms with Crippen LogP contribution >= 0.6 is 23.1 Å². The predicted molar refractivity (Wildman–Crippen MR) is 101 cm³/mol.